The van der Waals surface area contributed by atoms with Gasteiger partial charge in [-0.3, -0.25) is 28.8 Å². The van der Waals surface area contributed by atoms with E-state index in [1.807, 2.05) is 0 Å². The van der Waals surface area contributed by atoms with E-state index in [0.717, 1.165) is 0 Å². The van der Waals surface area contributed by atoms with Crippen molar-refractivity contribution < 1.29 is 128 Å². The molecular formula is C76H136O27. The van der Waals surface area contributed by atoms with Gasteiger partial charge in [0.2, 0.25) is 0 Å². The summed E-state index contributed by atoms with van der Waals surface area (Å²) in [6.07, 6.45) is 1.57. The average molecular weight is 1480 g/mol. The maximum absolute atomic E-state index is 12.9. The molecule has 3 heterocycles. The summed E-state index contributed by atoms with van der Waals surface area (Å²) < 4.78 is 122. The van der Waals surface area contributed by atoms with Crippen LogP contribution < -0.4 is 0 Å². The van der Waals surface area contributed by atoms with Gasteiger partial charge in [0.05, 0.1) is 177 Å². The van der Waals surface area contributed by atoms with Crippen LogP contribution in [0.25, 0.3) is 0 Å². The van der Waals surface area contributed by atoms with Gasteiger partial charge in [0.15, 0.2) is 18.9 Å². The maximum Gasteiger partial charge on any atom is 0.302 e. The molecular weight excluding hydrogens is 1340 g/mol. The van der Waals surface area contributed by atoms with E-state index in [1.165, 1.54) is 20.8 Å². The molecule has 0 aromatic rings. The van der Waals surface area contributed by atoms with Crippen LogP contribution in [0.5, 0.6) is 0 Å². The first-order valence-corrected chi connectivity index (χ1v) is 38.2. The van der Waals surface area contributed by atoms with Gasteiger partial charge in [-0.2, -0.15) is 0 Å². The summed E-state index contributed by atoms with van der Waals surface area (Å²) in [5, 5.41) is 0. The summed E-state index contributed by atoms with van der Waals surface area (Å²) in [6, 6.07) is 0. The fraction of sp³-hybridized carbons (Fsp3) is 0.921. The highest BCUT2D eigenvalue weighted by atomic mass is 16.7. The van der Waals surface area contributed by atoms with Crippen LogP contribution in [0, 0.1) is 64.6 Å². The third-order valence-corrected chi connectivity index (χ3v) is 20.3. The number of Topliss-reactive ketones (excluding diaryl/α,β-unsaturated/α-hetero) is 3. The van der Waals surface area contributed by atoms with Gasteiger partial charge in [0.25, 0.3) is 0 Å². The minimum absolute atomic E-state index is 0.0183. The summed E-state index contributed by atoms with van der Waals surface area (Å²) in [6.45, 7) is 37.6. The van der Waals surface area contributed by atoms with Crippen LogP contribution >= 0.6 is 0 Å². The van der Waals surface area contributed by atoms with Crippen LogP contribution in [0.15, 0.2) is 0 Å². The maximum atomic E-state index is 12.9. The highest BCUT2D eigenvalue weighted by Crippen LogP contribution is 2.38. The van der Waals surface area contributed by atoms with Crippen LogP contribution in [0.4, 0.5) is 0 Å². The van der Waals surface area contributed by atoms with E-state index in [2.05, 4.69) is 76.2 Å². The molecule has 27 heteroatoms. The molecule has 0 radical (unpaired) electrons. The van der Waals surface area contributed by atoms with Gasteiger partial charge < -0.3 is 99.5 Å². The Hall–Kier alpha value is -3.30. The molecule has 3 aliphatic rings. The number of ether oxygens (including phenoxy) is 21. The van der Waals surface area contributed by atoms with Crippen molar-refractivity contribution in [2.75, 3.05) is 198 Å². The Balaban J connectivity index is 1.29. The normalized spacial score (nSPS) is 25.7. The Morgan fingerprint density at radius 3 is 0.728 bits per heavy atom. The Morgan fingerprint density at radius 2 is 0.505 bits per heavy atom. The summed E-state index contributed by atoms with van der Waals surface area (Å²) >= 11 is 0. The molecule has 3 fully saturated rings. The van der Waals surface area contributed by atoms with E-state index in [0.29, 0.717) is 195 Å². The van der Waals surface area contributed by atoms with Crippen molar-refractivity contribution >= 4 is 35.3 Å². The SMILES string of the molecule is CC(=O)OCC1OC(OCCOCCOCCOCCCC(=O)CCOCC(COCCC(=O)CCCOCCOCCOCCOC2OC(COC(C)=O)C(C)C(C)C2C)(COCCC(=O)CCCOCCOCCOCCOC2OC(COC(C)=O)C(C)C(C)C2C)C(C)C)C(C)C(C)C1C. The lowest BCUT2D eigenvalue weighted by Crippen LogP contribution is -2.48. The number of hydrogen-bond acceptors (Lipinski definition) is 27. The predicted molar refractivity (Wildman–Crippen MR) is 380 cm³/mol. The van der Waals surface area contributed by atoms with Crippen molar-refractivity contribution in [2.45, 2.75) is 192 Å². The first kappa shape index (κ1) is 93.9. The third-order valence-electron chi connectivity index (χ3n) is 20.3. The van der Waals surface area contributed by atoms with Gasteiger partial charge in [-0.25, -0.2) is 0 Å². The highest BCUT2D eigenvalue weighted by Gasteiger charge is 2.43. The lowest BCUT2D eigenvalue weighted by Gasteiger charge is -2.43. The zero-order valence-electron chi connectivity index (χ0n) is 65.3. The van der Waals surface area contributed by atoms with Crippen molar-refractivity contribution in [2.24, 2.45) is 64.6 Å². The number of carbonyl (C=O) groups excluding carboxylic acids is 6. The van der Waals surface area contributed by atoms with Crippen molar-refractivity contribution in [3.8, 4) is 0 Å². The first-order chi connectivity index (χ1) is 49.5. The fourth-order valence-corrected chi connectivity index (χ4v) is 12.0. The molecule has 15 unspecified atom stereocenters. The van der Waals surface area contributed by atoms with Crippen LogP contribution in [0.3, 0.4) is 0 Å². The summed E-state index contributed by atoms with van der Waals surface area (Å²) in [4.78, 5) is 72.8. The highest BCUT2D eigenvalue weighted by molar-refractivity contribution is 5.79. The van der Waals surface area contributed by atoms with Crippen molar-refractivity contribution in [1.82, 2.24) is 0 Å². The molecule has 0 aromatic heterocycles. The fourth-order valence-electron chi connectivity index (χ4n) is 12.0. The molecule has 27 nitrogen and oxygen atoms in total. The molecule has 0 bridgehead atoms. The Kier molecular flexibility index (Phi) is 51.9. The van der Waals surface area contributed by atoms with Crippen molar-refractivity contribution in [3.63, 3.8) is 0 Å². The zero-order chi connectivity index (χ0) is 75.6. The van der Waals surface area contributed by atoms with Gasteiger partial charge in [-0.1, -0.05) is 76.2 Å². The van der Waals surface area contributed by atoms with E-state index < -0.39 is 24.3 Å². The van der Waals surface area contributed by atoms with Gasteiger partial charge >= 0.3 is 17.9 Å². The second kappa shape index (κ2) is 56.9. The van der Waals surface area contributed by atoms with Gasteiger partial charge in [-0.05, 0) is 60.7 Å². The average Bonchev–Trinajstić information content (AvgIpc) is 0.835. The molecule has 3 aliphatic heterocycles. The van der Waals surface area contributed by atoms with Crippen LogP contribution in [-0.2, 0) is 128 Å². The summed E-state index contributed by atoms with van der Waals surface area (Å²) in [7, 11) is 0. The Labute approximate surface area is 615 Å². The smallest absolute Gasteiger partial charge is 0.302 e. The molecule has 0 amide bonds. The van der Waals surface area contributed by atoms with Gasteiger partial charge in [0.1, 0.15) is 37.2 Å². The summed E-state index contributed by atoms with van der Waals surface area (Å²) in [5.74, 6) is 1.41. The Morgan fingerprint density at radius 1 is 0.282 bits per heavy atom. The van der Waals surface area contributed by atoms with E-state index in [-0.39, 0.29) is 174 Å². The molecule has 0 spiro atoms. The lowest BCUT2D eigenvalue weighted by molar-refractivity contribution is -0.258. The van der Waals surface area contributed by atoms with Gasteiger partial charge in [0, 0.05) is 102 Å². The largest absolute Gasteiger partial charge is 0.463 e. The number of ketones is 3. The molecule has 0 aliphatic carbocycles. The topological polar surface area (TPSA) is 296 Å². The van der Waals surface area contributed by atoms with Crippen LogP contribution in [0.2, 0.25) is 0 Å². The third kappa shape index (κ3) is 41.2. The first-order valence-electron chi connectivity index (χ1n) is 38.2. The quantitative estimate of drug-likeness (QED) is 0.0312. The number of carbonyl (C=O) groups is 6. The lowest BCUT2D eigenvalue weighted by atomic mass is 9.79. The number of rotatable bonds is 64. The molecule has 0 aromatic carbocycles. The number of hydrogen-bond donors (Lipinski definition) is 0. The molecule has 15 atom stereocenters. The standard InChI is InChI=1S/C76H136O27/c1-54(2)76(51-92-27-21-67(80)18-15-24-83-30-33-86-36-39-89-42-45-95-73-61(9)55(3)58(6)70(101-73)48-98-64(12)77,52-93-28-22-68(81)19-16-25-84-31-34-87-37-40-90-43-46-96-74-62(10)56(4)59(7)71(102-74)49-99-65(13)78)53-94-29-23-69(82)20-17-26-85-32-35-88-38-41-91-44-47-97-75-63(11)57(5)60(8)72(103-75)50-100-66(14)79/h54-63,70-75H,15-53H2,1-14H3. The van der Waals surface area contributed by atoms with Crippen LogP contribution in [0.1, 0.15) is 155 Å². The minimum atomic E-state index is -0.626. The minimum Gasteiger partial charge on any atom is -0.463 e. The number of esters is 3. The van der Waals surface area contributed by atoms with Gasteiger partial charge in [-0.15, -0.1) is 0 Å². The van der Waals surface area contributed by atoms with E-state index in [1.54, 1.807) is 0 Å². The molecule has 103 heavy (non-hydrogen) atoms. The van der Waals surface area contributed by atoms with Crippen molar-refractivity contribution in [3.05, 3.63) is 0 Å². The second-order valence-corrected chi connectivity index (χ2v) is 28.2. The summed E-state index contributed by atoms with van der Waals surface area (Å²) in [5.41, 5.74) is -0.626. The second-order valence-electron chi connectivity index (χ2n) is 28.2. The Bertz CT molecular complexity index is 2000. The molecule has 602 valence electrons. The molecule has 0 N–H and O–H groups in total. The van der Waals surface area contributed by atoms with Crippen LogP contribution in [-0.4, -0.2) is 271 Å². The van der Waals surface area contributed by atoms with E-state index in [4.69, 9.17) is 99.5 Å². The molecule has 3 rings (SSSR count). The zero-order valence-corrected chi connectivity index (χ0v) is 65.3. The molecule has 3 saturated heterocycles. The molecule has 0 saturated carbocycles. The van der Waals surface area contributed by atoms with E-state index >= 15 is 0 Å². The van der Waals surface area contributed by atoms with Crippen molar-refractivity contribution in [1.29, 1.82) is 0 Å². The monoisotopic (exact) mass is 1480 g/mol. The van der Waals surface area contributed by atoms with E-state index in [9.17, 15) is 28.8 Å². The predicted octanol–water partition coefficient (Wildman–Crippen LogP) is 8.68.